The molecule has 0 atom stereocenters. The molecule has 20 heavy (non-hydrogen) atoms. The van der Waals surface area contributed by atoms with Gasteiger partial charge in [-0.3, -0.25) is 4.98 Å². The lowest BCUT2D eigenvalue weighted by Gasteiger charge is -2.12. The number of aryl methyl sites for hydroxylation is 2. The first kappa shape index (κ1) is 13.0. The van der Waals surface area contributed by atoms with E-state index in [9.17, 15) is 0 Å². The molecule has 4 heteroatoms. The summed E-state index contributed by atoms with van der Waals surface area (Å²) >= 11 is 6.37. The molecule has 3 rings (SSSR count). The van der Waals surface area contributed by atoms with Gasteiger partial charge in [0.25, 0.3) is 0 Å². The maximum Gasteiger partial charge on any atom is 0.125 e. The molecule has 0 aliphatic carbocycles. The van der Waals surface area contributed by atoms with Crippen molar-refractivity contribution in [3.8, 4) is 0 Å². The van der Waals surface area contributed by atoms with Gasteiger partial charge in [-0.2, -0.15) is 0 Å². The topological polar surface area (TPSA) is 38.1 Å². The Morgan fingerprint density at radius 2 is 2.10 bits per heavy atom. The monoisotopic (exact) mass is 286 g/mol. The zero-order valence-corrected chi connectivity index (χ0v) is 12.2. The van der Waals surface area contributed by atoms with Crippen molar-refractivity contribution in [1.29, 1.82) is 0 Å². The molecule has 0 spiro atoms. The average molecular weight is 287 g/mol. The Morgan fingerprint density at radius 1 is 1.25 bits per heavy atom. The van der Waals surface area contributed by atoms with Crippen LogP contribution in [0.25, 0.3) is 10.9 Å². The van der Waals surface area contributed by atoms with Crippen LogP contribution in [0.2, 0.25) is 5.02 Å². The van der Waals surface area contributed by atoms with Gasteiger partial charge in [0.15, 0.2) is 0 Å². The first-order chi connectivity index (χ1) is 9.66. The van der Waals surface area contributed by atoms with E-state index in [1.807, 2.05) is 38.1 Å². The number of anilines is 1. The van der Waals surface area contributed by atoms with E-state index in [0.29, 0.717) is 11.6 Å². The van der Waals surface area contributed by atoms with Crippen LogP contribution < -0.4 is 5.32 Å². The quantitative estimate of drug-likeness (QED) is 0.758. The molecule has 0 aliphatic rings. The highest BCUT2D eigenvalue weighted by molar-refractivity contribution is 6.35. The second kappa shape index (κ2) is 5.17. The molecule has 2 heterocycles. The molecule has 3 aromatic rings. The highest BCUT2D eigenvalue weighted by Crippen LogP contribution is 2.33. The minimum atomic E-state index is 0.603. The molecule has 0 bridgehead atoms. The second-order valence-corrected chi connectivity index (χ2v) is 5.24. The number of hydrogen-bond acceptors (Lipinski definition) is 3. The summed E-state index contributed by atoms with van der Waals surface area (Å²) in [6, 6.07) is 7.83. The van der Waals surface area contributed by atoms with Crippen LogP contribution in [-0.4, -0.2) is 4.98 Å². The average Bonchev–Trinajstić information content (AvgIpc) is 2.84. The van der Waals surface area contributed by atoms with Crippen LogP contribution in [0.5, 0.6) is 0 Å². The van der Waals surface area contributed by atoms with Crippen molar-refractivity contribution in [3.05, 3.63) is 58.6 Å². The van der Waals surface area contributed by atoms with Gasteiger partial charge in [0.2, 0.25) is 0 Å². The van der Waals surface area contributed by atoms with Gasteiger partial charge in [0.05, 0.1) is 29.0 Å². The minimum absolute atomic E-state index is 0.603. The number of pyridine rings is 1. The van der Waals surface area contributed by atoms with Gasteiger partial charge >= 0.3 is 0 Å². The van der Waals surface area contributed by atoms with E-state index >= 15 is 0 Å². The van der Waals surface area contributed by atoms with Gasteiger partial charge in [0.1, 0.15) is 5.76 Å². The van der Waals surface area contributed by atoms with Crippen LogP contribution >= 0.6 is 11.6 Å². The highest BCUT2D eigenvalue weighted by atomic mass is 35.5. The zero-order chi connectivity index (χ0) is 14.1. The van der Waals surface area contributed by atoms with E-state index in [1.165, 1.54) is 0 Å². The van der Waals surface area contributed by atoms with E-state index < -0.39 is 0 Å². The van der Waals surface area contributed by atoms with Crippen molar-refractivity contribution in [2.75, 3.05) is 5.32 Å². The van der Waals surface area contributed by atoms with Crippen molar-refractivity contribution in [3.63, 3.8) is 0 Å². The van der Waals surface area contributed by atoms with Crippen molar-refractivity contribution < 1.29 is 4.42 Å². The Kier molecular flexibility index (Phi) is 3.36. The number of aromatic nitrogens is 1. The first-order valence-corrected chi connectivity index (χ1v) is 6.85. The summed E-state index contributed by atoms with van der Waals surface area (Å²) in [4.78, 5) is 4.42. The fourth-order valence-electron chi connectivity index (χ4n) is 2.31. The number of furan rings is 1. The standard InChI is InChI=1S/C16H15ClN2O/c1-10-5-7-20-14(10)9-19-16-12-4-3-6-18-15(12)11(2)8-13(16)17/h3-8,19H,9H2,1-2H3. The molecule has 0 unspecified atom stereocenters. The number of hydrogen-bond donors (Lipinski definition) is 1. The van der Waals surface area contributed by atoms with Crippen LogP contribution in [0.3, 0.4) is 0 Å². The molecular formula is C16H15ClN2O. The van der Waals surface area contributed by atoms with Gasteiger partial charge in [-0.15, -0.1) is 0 Å². The van der Waals surface area contributed by atoms with Gasteiger partial charge in [-0.1, -0.05) is 11.6 Å². The summed E-state index contributed by atoms with van der Waals surface area (Å²) in [6.07, 6.45) is 3.49. The summed E-state index contributed by atoms with van der Waals surface area (Å²) in [5.74, 6) is 0.915. The van der Waals surface area contributed by atoms with E-state index in [4.69, 9.17) is 16.0 Å². The molecule has 0 fully saturated rings. The van der Waals surface area contributed by atoms with Crippen LogP contribution in [0.15, 0.2) is 41.1 Å². The van der Waals surface area contributed by atoms with Crippen molar-refractivity contribution in [1.82, 2.24) is 4.98 Å². The lowest BCUT2D eigenvalue weighted by Crippen LogP contribution is -2.02. The third-order valence-electron chi connectivity index (χ3n) is 3.43. The Labute approximate surface area is 122 Å². The molecule has 1 aromatic carbocycles. The molecule has 102 valence electrons. The van der Waals surface area contributed by atoms with Crippen molar-refractivity contribution >= 4 is 28.2 Å². The third-order valence-corrected chi connectivity index (χ3v) is 3.72. The lowest BCUT2D eigenvalue weighted by atomic mass is 10.1. The van der Waals surface area contributed by atoms with Crippen molar-refractivity contribution in [2.45, 2.75) is 20.4 Å². The molecule has 0 saturated heterocycles. The maximum absolute atomic E-state index is 6.37. The van der Waals surface area contributed by atoms with Gasteiger partial charge in [0, 0.05) is 11.6 Å². The summed E-state index contributed by atoms with van der Waals surface area (Å²) < 4.78 is 5.44. The van der Waals surface area contributed by atoms with Crippen molar-refractivity contribution in [2.24, 2.45) is 0 Å². The Morgan fingerprint density at radius 3 is 2.85 bits per heavy atom. The molecular weight excluding hydrogens is 272 g/mol. The van der Waals surface area contributed by atoms with E-state index in [0.717, 1.165) is 33.5 Å². The van der Waals surface area contributed by atoms with E-state index in [-0.39, 0.29) is 0 Å². The number of rotatable bonds is 3. The zero-order valence-electron chi connectivity index (χ0n) is 11.4. The summed E-state index contributed by atoms with van der Waals surface area (Å²) in [7, 11) is 0. The third kappa shape index (κ3) is 2.25. The summed E-state index contributed by atoms with van der Waals surface area (Å²) in [5, 5.41) is 5.09. The van der Waals surface area contributed by atoms with Crippen LogP contribution in [-0.2, 0) is 6.54 Å². The highest BCUT2D eigenvalue weighted by Gasteiger charge is 2.10. The number of fused-ring (bicyclic) bond motifs is 1. The largest absolute Gasteiger partial charge is 0.467 e. The fourth-order valence-corrected chi connectivity index (χ4v) is 2.65. The fraction of sp³-hybridized carbons (Fsp3) is 0.188. The van der Waals surface area contributed by atoms with Crippen LogP contribution in [0.4, 0.5) is 5.69 Å². The molecule has 0 saturated carbocycles. The Bertz CT molecular complexity index is 764. The predicted molar refractivity (Wildman–Crippen MR) is 82.3 cm³/mol. The maximum atomic E-state index is 6.37. The summed E-state index contributed by atoms with van der Waals surface area (Å²) in [6.45, 7) is 4.64. The SMILES string of the molecule is Cc1ccoc1CNc1c(Cl)cc(C)c2ncccc12. The smallest absolute Gasteiger partial charge is 0.125 e. The predicted octanol–water partition coefficient (Wildman–Crippen LogP) is 4.71. The molecule has 3 nitrogen and oxygen atoms in total. The van der Waals surface area contributed by atoms with Gasteiger partial charge in [-0.25, -0.2) is 0 Å². The number of nitrogens with one attached hydrogen (secondary N) is 1. The van der Waals surface area contributed by atoms with Gasteiger partial charge < -0.3 is 9.73 Å². The van der Waals surface area contributed by atoms with Crippen LogP contribution in [0.1, 0.15) is 16.9 Å². The van der Waals surface area contributed by atoms with E-state index in [1.54, 1.807) is 12.5 Å². The normalized spacial score (nSPS) is 10.9. The number of halogens is 1. The van der Waals surface area contributed by atoms with E-state index in [2.05, 4.69) is 10.3 Å². The number of benzene rings is 1. The lowest BCUT2D eigenvalue weighted by molar-refractivity contribution is 0.515. The Balaban J connectivity index is 2.01. The molecule has 2 aromatic heterocycles. The molecule has 0 radical (unpaired) electrons. The molecule has 0 amide bonds. The summed E-state index contributed by atoms with van der Waals surface area (Å²) in [5.41, 5.74) is 4.07. The minimum Gasteiger partial charge on any atom is -0.467 e. The number of nitrogens with zero attached hydrogens (tertiary/aromatic N) is 1. The Hall–Kier alpha value is -2.00. The second-order valence-electron chi connectivity index (χ2n) is 4.83. The van der Waals surface area contributed by atoms with Gasteiger partial charge in [-0.05, 0) is 49.2 Å². The molecule has 1 N–H and O–H groups in total. The molecule has 0 aliphatic heterocycles. The van der Waals surface area contributed by atoms with Crippen LogP contribution in [0, 0.1) is 13.8 Å². The first-order valence-electron chi connectivity index (χ1n) is 6.47.